The summed E-state index contributed by atoms with van der Waals surface area (Å²) in [6.07, 6.45) is 6.12. The maximum atomic E-state index is 11.9. The molecule has 1 aromatic heterocycles. The van der Waals surface area contributed by atoms with Crippen molar-refractivity contribution in [1.29, 1.82) is 0 Å². The Labute approximate surface area is 135 Å². The van der Waals surface area contributed by atoms with Crippen LogP contribution in [0.2, 0.25) is 0 Å². The standard InChI is InChI=1S/C18H33N3O/c1-6-7-8-9-12-19-18(22)11-10-17-15(4)20-21(16(17)5)13-14(2)3/h14H,6-13H2,1-5H3,(H,19,22). The van der Waals surface area contributed by atoms with Crippen LogP contribution in [0.5, 0.6) is 0 Å². The second kappa shape index (κ2) is 9.65. The molecule has 4 heteroatoms. The van der Waals surface area contributed by atoms with E-state index in [1.807, 2.05) is 6.92 Å². The maximum absolute atomic E-state index is 11.9. The molecule has 0 fully saturated rings. The molecule has 0 atom stereocenters. The van der Waals surface area contributed by atoms with Crippen molar-refractivity contribution < 1.29 is 4.79 Å². The van der Waals surface area contributed by atoms with E-state index in [9.17, 15) is 4.79 Å². The molecule has 0 saturated heterocycles. The molecule has 0 aliphatic heterocycles. The van der Waals surface area contributed by atoms with Gasteiger partial charge in [-0.25, -0.2) is 0 Å². The van der Waals surface area contributed by atoms with Crippen LogP contribution in [0.3, 0.4) is 0 Å². The van der Waals surface area contributed by atoms with Gasteiger partial charge in [0.2, 0.25) is 5.91 Å². The van der Waals surface area contributed by atoms with Gasteiger partial charge in [-0.15, -0.1) is 0 Å². The van der Waals surface area contributed by atoms with Crippen molar-refractivity contribution >= 4 is 5.91 Å². The molecule has 0 spiro atoms. The Bertz CT molecular complexity index is 463. The molecule has 126 valence electrons. The average Bonchev–Trinajstić information content (AvgIpc) is 2.70. The van der Waals surface area contributed by atoms with Crippen LogP contribution in [0.1, 0.15) is 69.8 Å². The van der Waals surface area contributed by atoms with Crippen molar-refractivity contribution in [3.63, 3.8) is 0 Å². The Morgan fingerprint density at radius 3 is 2.59 bits per heavy atom. The summed E-state index contributed by atoms with van der Waals surface area (Å²) in [5, 5.41) is 7.63. The molecular weight excluding hydrogens is 274 g/mol. The highest BCUT2D eigenvalue weighted by molar-refractivity contribution is 5.76. The zero-order valence-electron chi connectivity index (χ0n) is 15.0. The highest BCUT2D eigenvalue weighted by Gasteiger charge is 2.13. The second-order valence-electron chi connectivity index (χ2n) is 6.64. The van der Waals surface area contributed by atoms with E-state index in [2.05, 4.69) is 42.8 Å². The van der Waals surface area contributed by atoms with E-state index in [1.54, 1.807) is 0 Å². The number of rotatable bonds is 10. The minimum Gasteiger partial charge on any atom is -0.356 e. The van der Waals surface area contributed by atoms with Gasteiger partial charge in [-0.1, -0.05) is 40.0 Å². The highest BCUT2D eigenvalue weighted by Crippen LogP contribution is 2.16. The lowest BCUT2D eigenvalue weighted by Gasteiger charge is -2.08. The lowest BCUT2D eigenvalue weighted by molar-refractivity contribution is -0.121. The van der Waals surface area contributed by atoms with Crippen molar-refractivity contribution in [1.82, 2.24) is 15.1 Å². The van der Waals surface area contributed by atoms with E-state index in [0.29, 0.717) is 12.3 Å². The van der Waals surface area contributed by atoms with Crippen LogP contribution >= 0.6 is 0 Å². The largest absolute Gasteiger partial charge is 0.356 e. The smallest absolute Gasteiger partial charge is 0.220 e. The Balaban J connectivity index is 2.41. The summed E-state index contributed by atoms with van der Waals surface area (Å²) < 4.78 is 2.08. The summed E-state index contributed by atoms with van der Waals surface area (Å²) >= 11 is 0. The van der Waals surface area contributed by atoms with E-state index in [-0.39, 0.29) is 5.91 Å². The number of amides is 1. The van der Waals surface area contributed by atoms with Gasteiger partial charge in [0.05, 0.1) is 5.69 Å². The number of carbonyl (C=O) groups is 1. The lowest BCUT2D eigenvalue weighted by Crippen LogP contribution is -2.24. The number of nitrogens with zero attached hydrogens (tertiary/aromatic N) is 2. The Morgan fingerprint density at radius 2 is 1.95 bits per heavy atom. The molecule has 0 unspecified atom stereocenters. The van der Waals surface area contributed by atoms with E-state index in [0.717, 1.165) is 31.6 Å². The molecule has 0 aromatic carbocycles. The van der Waals surface area contributed by atoms with Crippen LogP contribution in [0, 0.1) is 19.8 Å². The molecule has 1 heterocycles. The summed E-state index contributed by atoms with van der Waals surface area (Å²) in [4.78, 5) is 11.9. The van der Waals surface area contributed by atoms with Crippen LogP contribution in [0.15, 0.2) is 0 Å². The molecular formula is C18H33N3O. The van der Waals surface area contributed by atoms with Gasteiger partial charge in [-0.3, -0.25) is 9.48 Å². The van der Waals surface area contributed by atoms with Crippen molar-refractivity contribution in [2.24, 2.45) is 5.92 Å². The van der Waals surface area contributed by atoms with Crippen molar-refractivity contribution in [2.75, 3.05) is 6.54 Å². The van der Waals surface area contributed by atoms with Gasteiger partial charge in [-0.2, -0.15) is 5.10 Å². The quantitative estimate of drug-likeness (QED) is 0.669. The third-order valence-electron chi connectivity index (χ3n) is 4.02. The average molecular weight is 307 g/mol. The predicted octanol–water partition coefficient (Wildman–Crippen LogP) is 3.79. The number of carbonyl (C=O) groups excluding carboxylic acids is 1. The van der Waals surface area contributed by atoms with Gasteiger partial charge >= 0.3 is 0 Å². The van der Waals surface area contributed by atoms with E-state index < -0.39 is 0 Å². The number of hydrogen-bond donors (Lipinski definition) is 1. The molecule has 1 amide bonds. The van der Waals surface area contributed by atoms with Crippen molar-refractivity contribution in [2.45, 2.75) is 79.7 Å². The van der Waals surface area contributed by atoms with Gasteiger partial charge in [0, 0.05) is 25.2 Å². The van der Waals surface area contributed by atoms with E-state index in [4.69, 9.17) is 0 Å². The summed E-state index contributed by atoms with van der Waals surface area (Å²) in [6.45, 7) is 12.5. The first-order valence-corrected chi connectivity index (χ1v) is 8.75. The van der Waals surface area contributed by atoms with Gasteiger partial charge < -0.3 is 5.32 Å². The molecule has 0 aliphatic rings. The summed E-state index contributed by atoms with van der Waals surface area (Å²) in [6, 6.07) is 0. The SMILES string of the molecule is CCCCCCNC(=O)CCc1c(C)nn(CC(C)C)c1C. The van der Waals surface area contributed by atoms with Crippen LogP contribution in [0.25, 0.3) is 0 Å². The zero-order valence-corrected chi connectivity index (χ0v) is 15.0. The minimum atomic E-state index is 0.159. The Kier molecular flexibility index (Phi) is 8.21. The van der Waals surface area contributed by atoms with Crippen LogP contribution < -0.4 is 5.32 Å². The second-order valence-corrected chi connectivity index (χ2v) is 6.64. The molecule has 0 bridgehead atoms. The number of aryl methyl sites for hydroxylation is 1. The number of unbranched alkanes of at least 4 members (excludes halogenated alkanes) is 3. The Hall–Kier alpha value is -1.32. The normalized spacial score (nSPS) is 11.2. The molecule has 1 N–H and O–H groups in total. The summed E-state index contributed by atoms with van der Waals surface area (Å²) in [5.74, 6) is 0.740. The molecule has 22 heavy (non-hydrogen) atoms. The van der Waals surface area contributed by atoms with Crippen LogP contribution in [-0.2, 0) is 17.8 Å². The van der Waals surface area contributed by atoms with Gasteiger partial charge in [0.1, 0.15) is 0 Å². The molecule has 0 saturated carbocycles. The maximum Gasteiger partial charge on any atom is 0.220 e. The minimum absolute atomic E-state index is 0.159. The molecule has 1 rings (SSSR count). The summed E-state index contributed by atoms with van der Waals surface area (Å²) in [7, 11) is 0. The first-order valence-electron chi connectivity index (χ1n) is 8.75. The fraction of sp³-hybridized carbons (Fsp3) is 0.778. The first-order chi connectivity index (χ1) is 10.5. The monoisotopic (exact) mass is 307 g/mol. The van der Waals surface area contributed by atoms with Gasteiger partial charge in [0.25, 0.3) is 0 Å². The van der Waals surface area contributed by atoms with E-state index in [1.165, 1.54) is 30.5 Å². The Morgan fingerprint density at radius 1 is 1.23 bits per heavy atom. The molecule has 4 nitrogen and oxygen atoms in total. The zero-order chi connectivity index (χ0) is 16.5. The lowest BCUT2D eigenvalue weighted by atomic mass is 10.1. The van der Waals surface area contributed by atoms with Crippen LogP contribution in [0.4, 0.5) is 0 Å². The number of nitrogens with one attached hydrogen (secondary N) is 1. The fourth-order valence-corrected chi connectivity index (χ4v) is 2.73. The number of hydrogen-bond acceptors (Lipinski definition) is 2. The topological polar surface area (TPSA) is 46.9 Å². The number of aromatic nitrogens is 2. The fourth-order valence-electron chi connectivity index (χ4n) is 2.73. The van der Waals surface area contributed by atoms with Gasteiger partial charge in [-0.05, 0) is 38.2 Å². The third-order valence-corrected chi connectivity index (χ3v) is 4.02. The van der Waals surface area contributed by atoms with E-state index >= 15 is 0 Å². The van der Waals surface area contributed by atoms with Crippen molar-refractivity contribution in [3.8, 4) is 0 Å². The summed E-state index contributed by atoms with van der Waals surface area (Å²) in [5.41, 5.74) is 3.51. The first kappa shape index (κ1) is 18.7. The molecule has 0 radical (unpaired) electrons. The molecule has 1 aromatic rings. The third kappa shape index (κ3) is 6.20. The highest BCUT2D eigenvalue weighted by atomic mass is 16.1. The molecule has 0 aliphatic carbocycles. The van der Waals surface area contributed by atoms with Crippen molar-refractivity contribution in [3.05, 3.63) is 17.0 Å². The van der Waals surface area contributed by atoms with Crippen LogP contribution in [-0.4, -0.2) is 22.2 Å². The predicted molar refractivity (Wildman–Crippen MR) is 92.0 cm³/mol. The van der Waals surface area contributed by atoms with Gasteiger partial charge in [0.15, 0.2) is 0 Å².